The lowest BCUT2D eigenvalue weighted by atomic mass is 9.98. The fraction of sp³-hybridized carbons (Fsp3) is 0.318. The number of carbonyl (C=O) groups excluding carboxylic acids is 2. The zero-order chi connectivity index (χ0) is 22.0. The first-order valence-corrected chi connectivity index (χ1v) is 10.5. The zero-order valence-electron chi connectivity index (χ0n) is 17.7. The van der Waals surface area contributed by atoms with Gasteiger partial charge in [-0.2, -0.15) is 0 Å². The van der Waals surface area contributed by atoms with Crippen molar-refractivity contribution in [2.75, 3.05) is 11.9 Å². The van der Waals surface area contributed by atoms with E-state index in [-0.39, 0.29) is 12.3 Å². The summed E-state index contributed by atoms with van der Waals surface area (Å²) in [6.45, 7) is 10.2. The van der Waals surface area contributed by atoms with E-state index >= 15 is 0 Å². The van der Waals surface area contributed by atoms with Gasteiger partial charge in [0.2, 0.25) is 11.8 Å². The summed E-state index contributed by atoms with van der Waals surface area (Å²) < 4.78 is 11.8. The molecule has 3 N–H and O–H groups in total. The van der Waals surface area contributed by atoms with Gasteiger partial charge >= 0.3 is 0 Å². The number of nitrogens with two attached hydrogens (primary N) is 1. The maximum absolute atomic E-state index is 12.5. The number of carbonyl (C=O) groups is 2. The fourth-order valence-electron chi connectivity index (χ4n) is 3.28. The number of hydrogen-bond acceptors (Lipinski definition) is 6. The molecule has 0 radical (unpaired) electrons. The minimum atomic E-state index is -0.465. The molecule has 8 heteroatoms. The molecular formula is C22H25N3O4S. The van der Waals surface area contributed by atoms with Gasteiger partial charge in [0.05, 0.1) is 18.7 Å². The summed E-state index contributed by atoms with van der Waals surface area (Å²) in [5.74, 6) is 0.793. The van der Waals surface area contributed by atoms with Gasteiger partial charge in [-0.3, -0.25) is 14.9 Å². The second kappa shape index (κ2) is 8.71. The van der Waals surface area contributed by atoms with Crippen molar-refractivity contribution >= 4 is 44.8 Å². The van der Waals surface area contributed by atoms with Gasteiger partial charge in [0.15, 0.2) is 5.13 Å². The van der Waals surface area contributed by atoms with Crippen LogP contribution in [0.25, 0.3) is 16.5 Å². The molecule has 0 aliphatic carbocycles. The van der Waals surface area contributed by atoms with Crippen LogP contribution in [0.3, 0.4) is 0 Å². The summed E-state index contributed by atoms with van der Waals surface area (Å²) in [7, 11) is 0. The quantitative estimate of drug-likeness (QED) is 0.547. The Balaban J connectivity index is 1.93. The van der Waals surface area contributed by atoms with Crippen molar-refractivity contribution < 1.29 is 18.7 Å². The third-order valence-electron chi connectivity index (χ3n) is 4.84. The Kier molecular flexibility index (Phi) is 6.26. The van der Waals surface area contributed by atoms with E-state index in [4.69, 9.17) is 14.9 Å². The lowest BCUT2D eigenvalue weighted by molar-refractivity contribution is -0.117. The Bertz CT molecular complexity index is 1160. The maximum atomic E-state index is 12.5. The third-order valence-corrected chi connectivity index (χ3v) is 5.65. The van der Waals surface area contributed by atoms with Gasteiger partial charge in [0, 0.05) is 28.0 Å². The first kappa shape index (κ1) is 21.6. The lowest BCUT2D eigenvalue weighted by Gasteiger charge is -2.14. The van der Waals surface area contributed by atoms with Gasteiger partial charge in [-0.1, -0.05) is 0 Å². The van der Waals surface area contributed by atoms with E-state index in [1.54, 1.807) is 5.38 Å². The molecule has 2 amide bonds. The number of ether oxygens (including phenoxy) is 1. The molecule has 0 spiro atoms. The van der Waals surface area contributed by atoms with Gasteiger partial charge in [-0.15, -0.1) is 11.3 Å². The van der Waals surface area contributed by atoms with E-state index in [0.717, 1.165) is 39.0 Å². The second-order valence-corrected chi connectivity index (χ2v) is 7.93. The maximum Gasteiger partial charge on any atom is 0.250 e. The van der Waals surface area contributed by atoms with Crippen LogP contribution in [0.4, 0.5) is 5.13 Å². The van der Waals surface area contributed by atoms with Crippen molar-refractivity contribution in [2.45, 2.75) is 41.0 Å². The van der Waals surface area contributed by atoms with E-state index in [1.807, 2.05) is 40.7 Å². The first-order valence-electron chi connectivity index (χ1n) is 9.59. The molecule has 30 heavy (non-hydrogen) atoms. The van der Waals surface area contributed by atoms with E-state index in [0.29, 0.717) is 23.2 Å². The Morgan fingerprint density at radius 3 is 2.70 bits per heavy atom. The molecule has 158 valence electrons. The van der Waals surface area contributed by atoms with Crippen molar-refractivity contribution in [3.63, 3.8) is 0 Å². The number of thiazole rings is 1. The normalized spacial score (nSPS) is 11.7. The molecule has 0 saturated heterocycles. The minimum absolute atomic E-state index is 0.0434. The van der Waals surface area contributed by atoms with Crippen LogP contribution in [0.1, 0.15) is 42.0 Å². The molecule has 0 unspecified atom stereocenters. The van der Waals surface area contributed by atoms with Crippen LogP contribution in [-0.2, 0) is 16.0 Å². The topological polar surface area (TPSA) is 107 Å². The highest BCUT2D eigenvalue weighted by atomic mass is 32.1. The highest BCUT2D eigenvalue weighted by Gasteiger charge is 2.19. The molecule has 0 saturated carbocycles. The van der Waals surface area contributed by atoms with Crippen molar-refractivity contribution in [3.05, 3.63) is 45.7 Å². The standard InChI is InChI=1S/C22H25N3O4S/c1-6-28-20-13(4)21-17(12(3)14(5)29-21)9-16(20)11(2)7-19(27)25-22-24-15(10-30-22)8-18(23)26/h7,9-10H,6,8H2,1-5H3,(H2,23,26)(H,24,25,27)/b11-7+. The highest BCUT2D eigenvalue weighted by molar-refractivity contribution is 7.14. The molecule has 0 aliphatic heterocycles. The number of amides is 2. The number of benzene rings is 1. The molecule has 0 aliphatic rings. The van der Waals surface area contributed by atoms with Gasteiger partial charge in [0.25, 0.3) is 0 Å². The fourth-order valence-corrected chi connectivity index (χ4v) is 3.99. The number of nitrogens with zero attached hydrogens (tertiary/aromatic N) is 1. The van der Waals surface area contributed by atoms with E-state index in [1.165, 1.54) is 17.4 Å². The Hall–Kier alpha value is -3.13. The van der Waals surface area contributed by atoms with Gasteiger partial charge in [-0.05, 0) is 51.8 Å². The lowest BCUT2D eigenvalue weighted by Crippen LogP contribution is -2.14. The molecule has 1 aromatic carbocycles. The van der Waals surface area contributed by atoms with Gasteiger partial charge < -0.3 is 14.9 Å². The number of rotatable bonds is 7. The Morgan fingerprint density at radius 2 is 2.03 bits per heavy atom. The summed E-state index contributed by atoms with van der Waals surface area (Å²) in [6, 6.07) is 2.01. The number of furan rings is 1. The average molecular weight is 428 g/mol. The third kappa shape index (κ3) is 4.38. The van der Waals surface area contributed by atoms with Crippen LogP contribution in [0.2, 0.25) is 0 Å². The molecule has 0 bridgehead atoms. The van der Waals surface area contributed by atoms with Crippen LogP contribution in [0.15, 0.2) is 21.9 Å². The Labute approximate surface area is 178 Å². The van der Waals surface area contributed by atoms with E-state index in [2.05, 4.69) is 10.3 Å². The summed E-state index contributed by atoms with van der Waals surface area (Å²) >= 11 is 1.25. The van der Waals surface area contributed by atoms with Gasteiger partial charge in [0.1, 0.15) is 17.1 Å². The number of allylic oxidation sites excluding steroid dienone is 1. The molecule has 7 nitrogen and oxygen atoms in total. The molecule has 3 rings (SSSR count). The van der Waals surface area contributed by atoms with Gasteiger partial charge in [-0.25, -0.2) is 4.98 Å². The minimum Gasteiger partial charge on any atom is -0.493 e. The van der Waals surface area contributed by atoms with E-state index in [9.17, 15) is 9.59 Å². The van der Waals surface area contributed by atoms with Crippen molar-refractivity contribution in [3.8, 4) is 5.75 Å². The number of anilines is 1. The molecule has 0 atom stereocenters. The van der Waals surface area contributed by atoms with E-state index < -0.39 is 5.91 Å². The van der Waals surface area contributed by atoms with Crippen molar-refractivity contribution in [1.82, 2.24) is 4.98 Å². The first-order chi connectivity index (χ1) is 14.2. The summed E-state index contributed by atoms with van der Waals surface area (Å²) in [5, 5.41) is 5.86. The monoisotopic (exact) mass is 427 g/mol. The predicted molar refractivity (Wildman–Crippen MR) is 119 cm³/mol. The molecular weight excluding hydrogens is 402 g/mol. The van der Waals surface area contributed by atoms with Crippen LogP contribution in [0.5, 0.6) is 5.75 Å². The number of hydrogen-bond donors (Lipinski definition) is 2. The Morgan fingerprint density at radius 1 is 1.30 bits per heavy atom. The number of primary amides is 1. The summed E-state index contributed by atoms with van der Waals surface area (Å²) in [6.07, 6.45) is 1.56. The SMILES string of the molecule is CCOc1c(/C(C)=C/C(=O)Nc2nc(CC(N)=O)cs2)cc2c(C)c(C)oc2c1C. The number of fused-ring (bicyclic) bond motifs is 1. The molecule has 3 aromatic rings. The molecule has 0 fully saturated rings. The van der Waals surface area contributed by atoms with Crippen LogP contribution < -0.4 is 15.8 Å². The average Bonchev–Trinajstić information content (AvgIpc) is 3.21. The van der Waals surface area contributed by atoms with Crippen molar-refractivity contribution in [2.24, 2.45) is 5.73 Å². The largest absolute Gasteiger partial charge is 0.493 e. The number of nitrogens with one attached hydrogen (secondary N) is 1. The smallest absolute Gasteiger partial charge is 0.250 e. The van der Waals surface area contributed by atoms with Crippen LogP contribution in [-0.4, -0.2) is 23.4 Å². The number of aromatic nitrogens is 1. The van der Waals surface area contributed by atoms with Crippen LogP contribution >= 0.6 is 11.3 Å². The number of aryl methyl sites for hydroxylation is 3. The summed E-state index contributed by atoms with van der Waals surface area (Å²) in [4.78, 5) is 27.8. The highest BCUT2D eigenvalue weighted by Crippen LogP contribution is 2.38. The predicted octanol–water partition coefficient (Wildman–Crippen LogP) is 4.28. The molecule has 2 aromatic heterocycles. The zero-order valence-corrected chi connectivity index (χ0v) is 18.5. The van der Waals surface area contributed by atoms with Crippen LogP contribution in [0, 0.1) is 20.8 Å². The molecule has 2 heterocycles. The second-order valence-electron chi connectivity index (χ2n) is 7.07. The van der Waals surface area contributed by atoms with Crippen molar-refractivity contribution in [1.29, 1.82) is 0 Å². The summed E-state index contributed by atoms with van der Waals surface area (Å²) in [5.41, 5.74) is 10.1.